The predicted octanol–water partition coefficient (Wildman–Crippen LogP) is -12.4. The summed E-state index contributed by atoms with van der Waals surface area (Å²) in [6, 6.07) is -7.66. The summed E-state index contributed by atoms with van der Waals surface area (Å²) in [6.45, 7) is -2.32. The van der Waals surface area contributed by atoms with E-state index in [0.29, 0.717) is 0 Å². The van der Waals surface area contributed by atoms with Crippen molar-refractivity contribution < 1.29 is 163 Å². The summed E-state index contributed by atoms with van der Waals surface area (Å²) in [5.41, 5.74) is 0. The van der Waals surface area contributed by atoms with Crippen LogP contribution in [0.15, 0.2) is 0 Å². The lowest BCUT2D eigenvalue weighted by Gasteiger charge is -2.51. The third-order valence-electron chi connectivity index (χ3n) is 13.7. The van der Waals surface area contributed by atoms with Gasteiger partial charge in [0.25, 0.3) is 23.1 Å². The minimum Gasteiger partial charge on any atom is -0.477 e. The van der Waals surface area contributed by atoms with Crippen LogP contribution in [-0.4, -0.2) is 311 Å². The Balaban J connectivity index is 1.78. The molecule has 37 nitrogen and oxygen atoms in total. The second-order valence-corrected chi connectivity index (χ2v) is 19.8. The number of amides is 4. The molecule has 4 saturated heterocycles. The number of hydrogen-bond acceptors (Lipinski definition) is 29. The molecule has 81 heavy (non-hydrogen) atoms. The van der Waals surface area contributed by atoms with E-state index < -0.39 is 245 Å². The van der Waals surface area contributed by atoms with Crippen molar-refractivity contribution in [1.82, 2.24) is 21.3 Å². The summed E-state index contributed by atoms with van der Waals surface area (Å²) >= 11 is 0. The molecule has 4 heterocycles. The molecule has 22 N–H and O–H groups in total. The summed E-state index contributed by atoms with van der Waals surface area (Å²) < 4.78 is 38.8. The Bertz CT molecular complexity index is 2250. The van der Waals surface area contributed by atoms with Crippen LogP contribution < -0.4 is 21.3 Å². The molecule has 24 atom stereocenters. The second-order valence-electron chi connectivity index (χ2n) is 19.8. The Morgan fingerprint density at radius 1 is 0.420 bits per heavy atom. The van der Waals surface area contributed by atoms with E-state index in [1.165, 1.54) is 0 Å². The Hall–Kier alpha value is -5.08. The number of carboxylic acid groups (broad SMARTS) is 4. The number of ether oxygens (including phenoxy) is 7. The maximum Gasteiger partial charge on any atom is 0.364 e. The van der Waals surface area contributed by atoms with Crippen LogP contribution in [0.5, 0.6) is 0 Å². The first-order chi connectivity index (χ1) is 37.5. The fraction of sp³-hybridized carbons (Fsp3) is 0.818. The van der Waals surface area contributed by atoms with Gasteiger partial charge in [0.1, 0.15) is 73.2 Å². The number of rotatable bonds is 26. The standard InChI is InChI=1S/C44H70N4O33/c1-13(53)45-25-17(57)5-41(74,37(66)67)78-34(25)30(63)22(10-50)75-43(39(70)71)7-19(59)27(47-15(3)55)36(80-43)32(65)24(12-52)77-44(40(72)73)8-20(60)28(48-16(4)56)35(81-44)31(64)23(11-51)76-42(38(68)69)6-18(58)26(46-14(2)54)33(79-42)29(62)21(61)9-49/h17-36,49-52,57-65,74H,5-12H2,1-4H3,(H,45,53)(H,46,54)(H,47,55)(H,48,56)(H,66,67)(H,68,69)(H,70,71)(H,72,73)/t17-,18-,19-,20-,21+,22+,23+,24+,25+,26+,27+,28+,29+,30+,31+,32+,33+,34+,35+,36+,41-,42+,43+,44+/m0/s1. The molecule has 464 valence electrons. The molecule has 4 aliphatic rings. The molecule has 0 spiro atoms. The van der Waals surface area contributed by atoms with Crippen LogP contribution in [0.1, 0.15) is 53.4 Å². The molecule has 0 aromatic heterocycles. The van der Waals surface area contributed by atoms with Gasteiger partial charge in [-0.3, -0.25) is 19.2 Å². The number of carbonyl (C=O) groups is 8. The number of hydrogen-bond donors (Lipinski definition) is 22. The third-order valence-corrected chi connectivity index (χ3v) is 13.7. The summed E-state index contributed by atoms with van der Waals surface area (Å²) in [4.78, 5) is 101. The second kappa shape index (κ2) is 27.5. The molecule has 0 aliphatic carbocycles. The molecule has 0 aromatic rings. The van der Waals surface area contributed by atoms with Gasteiger partial charge >= 0.3 is 23.9 Å². The minimum atomic E-state index is -3.55. The average Bonchev–Trinajstić information content (AvgIpc) is 3.43. The fourth-order valence-corrected chi connectivity index (χ4v) is 9.91. The van der Waals surface area contributed by atoms with Crippen LogP contribution >= 0.6 is 0 Å². The number of nitrogens with one attached hydrogen (secondary N) is 4. The highest BCUT2D eigenvalue weighted by atomic mass is 16.8. The van der Waals surface area contributed by atoms with Crippen LogP contribution in [0.2, 0.25) is 0 Å². The largest absolute Gasteiger partial charge is 0.477 e. The van der Waals surface area contributed by atoms with Crippen molar-refractivity contribution in [2.75, 3.05) is 26.4 Å². The topological polar surface area (TPSA) is 613 Å². The van der Waals surface area contributed by atoms with Crippen LogP contribution in [0, 0.1) is 0 Å². The zero-order chi connectivity index (χ0) is 61.6. The van der Waals surface area contributed by atoms with Crippen molar-refractivity contribution in [2.24, 2.45) is 0 Å². The Labute approximate surface area is 456 Å². The van der Waals surface area contributed by atoms with Gasteiger partial charge in [0, 0.05) is 53.4 Å². The zero-order valence-electron chi connectivity index (χ0n) is 43.4. The third kappa shape index (κ3) is 15.2. The predicted molar refractivity (Wildman–Crippen MR) is 249 cm³/mol. The van der Waals surface area contributed by atoms with E-state index in [0.717, 1.165) is 27.7 Å². The van der Waals surface area contributed by atoms with Crippen molar-refractivity contribution in [3.63, 3.8) is 0 Å². The van der Waals surface area contributed by atoms with E-state index in [1.54, 1.807) is 0 Å². The van der Waals surface area contributed by atoms with Gasteiger partial charge in [0.05, 0.1) is 75.0 Å². The number of aliphatic carboxylic acids is 4. The lowest BCUT2D eigenvalue weighted by molar-refractivity contribution is -0.361. The van der Waals surface area contributed by atoms with Crippen molar-refractivity contribution in [2.45, 2.75) is 198 Å². The van der Waals surface area contributed by atoms with Gasteiger partial charge < -0.3 is 146 Å². The SMILES string of the molecule is CC(=O)N[C@H]1[C@H]([C@H](O)[C@H](O)CO)O[C@@](O[C@H](CO)[C@@H](O)[C@@H]2O[C@@](O[C@H](CO)[C@@H](O)[C@@H]3O[C@@](O[C@H](CO)[C@@H](O)[C@@H]4O[C@](O)(C(=O)O)C[C@H](O)[C@H]4NC(C)=O)(C(=O)O)C[C@H](O)[C@H]3NC(C)=O)(C(=O)O)C[C@H](O)[C@H]2NC(C)=O)(C(=O)O)C[C@@H]1O. The van der Waals surface area contributed by atoms with Gasteiger partial charge in [-0.05, 0) is 0 Å². The van der Waals surface area contributed by atoms with Crippen molar-refractivity contribution >= 4 is 47.5 Å². The van der Waals surface area contributed by atoms with E-state index in [9.17, 15) is 130 Å². The number of carbonyl (C=O) groups excluding carboxylic acids is 4. The van der Waals surface area contributed by atoms with Gasteiger partial charge in [-0.25, -0.2) is 19.2 Å². The Kier molecular flexibility index (Phi) is 23.3. The summed E-state index contributed by atoms with van der Waals surface area (Å²) in [5, 5.41) is 204. The van der Waals surface area contributed by atoms with E-state index >= 15 is 0 Å². The molecule has 37 heteroatoms. The van der Waals surface area contributed by atoms with E-state index in [2.05, 4.69) is 21.3 Å². The van der Waals surface area contributed by atoms with Gasteiger partial charge in [-0.1, -0.05) is 0 Å². The van der Waals surface area contributed by atoms with Crippen molar-refractivity contribution in [3.8, 4) is 0 Å². The fourth-order valence-electron chi connectivity index (χ4n) is 9.91. The number of carboxylic acids is 4. The Morgan fingerprint density at radius 3 is 0.889 bits per heavy atom. The number of aliphatic hydroxyl groups is 14. The van der Waals surface area contributed by atoms with Crippen LogP contribution in [0.4, 0.5) is 0 Å². The molecule has 4 amide bonds. The van der Waals surface area contributed by atoms with E-state index in [-0.39, 0.29) is 0 Å². The monoisotopic (exact) mass is 1180 g/mol. The lowest BCUT2D eigenvalue weighted by atomic mass is 9.86. The summed E-state index contributed by atoms with van der Waals surface area (Å²) in [7, 11) is 0. The maximum atomic E-state index is 13.4. The molecular weight excluding hydrogens is 1110 g/mol. The molecule has 0 aromatic carbocycles. The van der Waals surface area contributed by atoms with Crippen molar-refractivity contribution in [1.29, 1.82) is 0 Å². The number of aliphatic hydroxyl groups excluding tert-OH is 13. The van der Waals surface area contributed by atoms with Crippen molar-refractivity contribution in [3.05, 3.63) is 0 Å². The molecule has 4 aliphatic heterocycles. The molecule has 0 unspecified atom stereocenters. The molecule has 0 saturated carbocycles. The first-order valence-electron chi connectivity index (χ1n) is 24.6. The zero-order valence-corrected chi connectivity index (χ0v) is 43.4. The lowest BCUT2D eigenvalue weighted by Crippen LogP contribution is -2.72. The minimum absolute atomic E-state index is 0.843. The van der Waals surface area contributed by atoms with Gasteiger partial charge in [-0.2, -0.15) is 0 Å². The molecule has 0 bridgehead atoms. The van der Waals surface area contributed by atoms with Gasteiger partial charge in [-0.15, -0.1) is 0 Å². The summed E-state index contributed by atoms with van der Waals surface area (Å²) in [5.74, 6) is -26.5. The van der Waals surface area contributed by atoms with E-state index in [4.69, 9.17) is 33.2 Å². The highest BCUT2D eigenvalue weighted by Gasteiger charge is 2.63. The Morgan fingerprint density at radius 2 is 0.667 bits per heavy atom. The molecule has 4 fully saturated rings. The smallest absolute Gasteiger partial charge is 0.364 e. The molecular formula is C44H70N4O33. The highest BCUT2D eigenvalue weighted by molar-refractivity contribution is 5.79. The molecule has 4 rings (SSSR count). The van der Waals surface area contributed by atoms with Gasteiger partial charge in [0.15, 0.2) is 0 Å². The van der Waals surface area contributed by atoms with E-state index in [1.807, 2.05) is 0 Å². The van der Waals surface area contributed by atoms with Crippen LogP contribution in [-0.2, 0) is 71.5 Å². The van der Waals surface area contributed by atoms with Gasteiger partial charge in [0.2, 0.25) is 23.6 Å². The first-order valence-corrected chi connectivity index (χ1v) is 24.6. The highest BCUT2D eigenvalue weighted by Crippen LogP contribution is 2.41. The quantitative estimate of drug-likeness (QED) is 0.0382. The average molecular weight is 1180 g/mol. The first kappa shape index (κ1) is 68.4. The molecule has 0 radical (unpaired) electrons. The normalized spacial score (nSPS) is 37.4. The van der Waals surface area contributed by atoms with Crippen LogP contribution in [0.3, 0.4) is 0 Å². The summed E-state index contributed by atoms with van der Waals surface area (Å²) in [6.07, 6.45) is -43.4. The maximum absolute atomic E-state index is 13.4. The van der Waals surface area contributed by atoms with Crippen LogP contribution in [0.25, 0.3) is 0 Å².